The van der Waals surface area contributed by atoms with Gasteiger partial charge in [-0.25, -0.2) is 14.2 Å². The molecule has 2 atom stereocenters. The molecule has 0 aliphatic heterocycles. The third-order valence-electron chi connectivity index (χ3n) is 4.74. The maximum absolute atomic E-state index is 13.5. The van der Waals surface area contributed by atoms with Crippen molar-refractivity contribution < 1.29 is 42.6 Å². The lowest BCUT2D eigenvalue weighted by Crippen LogP contribution is -2.33. The van der Waals surface area contributed by atoms with Crippen LogP contribution in [0.4, 0.5) is 9.59 Å². The molecule has 0 spiro atoms. The van der Waals surface area contributed by atoms with Crippen molar-refractivity contribution in [3.05, 3.63) is 53.3 Å². The highest BCUT2D eigenvalue weighted by Crippen LogP contribution is 2.46. The van der Waals surface area contributed by atoms with Crippen molar-refractivity contribution in [1.82, 2.24) is 19.9 Å². The van der Waals surface area contributed by atoms with Crippen molar-refractivity contribution >= 4 is 25.9 Å². The van der Waals surface area contributed by atoms with Crippen LogP contribution in [-0.2, 0) is 31.8 Å². The van der Waals surface area contributed by atoms with Crippen LogP contribution >= 0.6 is 7.75 Å². The molecule has 0 bridgehead atoms. The number of para-hydroxylation sites is 1. The van der Waals surface area contributed by atoms with Crippen LogP contribution in [0, 0.1) is 6.92 Å². The largest absolute Gasteiger partial charge is 0.480 e. The number of benzene rings is 1. The zero-order valence-corrected chi connectivity index (χ0v) is 22.4. The first-order chi connectivity index (χ1) is 17.3. The Morgan fingerprint density at radius 3 is 2.24 bits per heavy atom. The van der Waals surface area contributed by atoms with Gasteiger partial charge in [-0.15, -0.1) is 0 Å². The highest BCUT2D eigenvalue weighted by atomic mass is 31.2. The second-order valence-electron chi connectivity index (χ2n) is 8.25. The van der Waals surface area contributed by atoms with Gasteiger partial charge in [0.1, 0.15) is 18.4 Å². The normalized spacial score (nSPS) is 13.1. The van der Waals surface area contributed by atoms with Gasteiger partial charge in [0, 0.05) is 45.5 Å². The number of hydrogen-bond acceptors (Lipinski definition) is 9. The number of carboxylic acid groups (broad SMARTS) is 1. The number of pyridine rings is 1. The van der Waals surface area contributed by atoms with E-state index in [4.69, 9.17) is 18.5 Å². The Morgan fingerprint density at radius 1 is 1.05 bits per heavy atom. The molecule has 0 fully saturated rings. The predicted octanol–water partition coefficient (Wildman–Crippen LogP) is 3.42. The van der Waals surface area contributed by atoms with E-state index in [9.17, 15) is 24.1 Å². The molecule has 0 aliphatic rings. The number of rotatable bonds is 11. The molecule has 1 heterocycles. The van der Waals surface area contributed by atoms with Crippen LogP contribution in [0.2, 0.25) is 0 Å². The molecule has 0 radical (unpaired) electrons. The molecule has 37 heavy (non-hydrogen) atoms. The lowest BCUT2D eigenvalue weighted by atomic mass is 10.1. The number of hydrogen-bond donors (Lipinski definition) is 2. The van der Waals surface area contributed by atoms with Crippen molar-refractivity contribution in [1.29, 1.82) is 0 Å². The first-order valence-corrected chi connectivity index (χ1v) is 12.6. The lowest BCUT2D eigenvalue weighted by molar-refractivity contribution is -0.138. The highest BCUT2D eigenvalue weighted by molar-refractivity contribution is 7.52. The second-order valence-corrected chi connectivity index (χ2v) is 9.95. The predicted molar refractivity (Wildman–Crippen MR) is 132 cm³/mol. The van der Waals surface area contributed by atoms with Crippen LogP contribution in [0.5, 0.6) is 11.5 Å². The topological polar surface area (TPSA) is 157 Å². The Kier molecular flexibility index (Phi) is 10.4. The number of aryl methyl sites for hydroxylation is 1. The number of aliphatic carboxylic acids is 1. The minimum atomic E-state index is -4.25. The molecule has 14 heteroatoms. The molecule has 1 aromatic carbocycles. The maximum Gasteiger partial charge on any atom is 0.459 e. The van der Waals surface area contributed by atoms with Gasteiger partial charge >= 0.3 is 25.9 Å². The van der Waals surface area contributed by atoms with Gasteiger partial charge in [0.2, 0.25) is 0 Å². The van der Waals surface area contributed by atoms with Crippen LogP contribution < -0.4 is 14.3 Å². The molecular weight excluding hydrogens is 507 g/mol. The van der Waals surface area contributed by atoms with Crippen molar-refractivity contribution in [3.63, 3.8) is 0 Å². The van der Waals surface area contributed by atoms with E-state index >= 15 is 0 Å². The van der Waals surface area contributed by atoms with Crippen LogP contribution in [0.1, 0.15) is 23.7 Å². The third kappa shape index (κ3) is 8.74. The molecule has 0 saturated carbocycles. The number of carboxylic acids is 1. The van der Waals surface area contributed by atoms with E-state index in [0.29, 0.717) is 5.69 Å². The van der Waals surface area contributed by atoms with Gasteiger partial charge in [0.25, 0.3) is 0 Å². The summed E-state index contributed by atoms with van der Waals surface area (Å²) in [5, 5.41) is 11.7. The quantitative estimate of drug-likeness (QED) is 0.404. The average Bonchev–Trinajstić information content (AvgIpc) is 2.83. The van der Waals surface area contributed by atoms with Crippen LogP contribution in [-0.4, -0.2) is 72.3 Å². The first-order valence-electron chi connectivity index (χ1n) is 11.0. The van der Waals surface area contributed by atoms with E-state index in [1.54, 1.807) is 25.1 Å². The van der Waals surface area contributed by atoms with E-state index in [1.165, 1.54) is 63.2 Å². The summed E-state index contributed by atoms with van der Waals surface area (Å²) in [5.41, 5.74) is 0.840. The summed E-state index contributed by atoms with van der Waals surface area (Å²) in [6.45, 7) is 2.14. The molecular formula is C23H31N4O9P. The minimum absolute atomic E-state index is 0.0389. The summed E-state index contributed by atoms with van der Waals surface area (Å²) >= 11 is 0. The molecule has 1 aromatic heterocycles. The summed E-state index contributed by atoms with van der Waals surface area (Å²) in [6, 6.07) is 6.80. The Bertz CT molecular complexity index is 1160. The van der Waals surface area contributed by atoms with Crippen molar-refractivity contribution in [2.24, 2.45) is 0 Å². The molecule has 202 valence electrons. The van der Waals surface area contributed by atoms with Gasteiger partial charge < -0.3 is 28.9 Å². The zero-order valence-electron chi connectivity index (χ0n) is 21.5. The molecule has 2 unspecified atom stereocenters. The number of ether oxygens (including phenoxy) is 2. The minimum Gasteiger partial charge on any atom is -0.480 e. The van der Waals surface area contributed by atoms with E-state index in [2.05, 4.69) is 10.1 Å². The molecule has 2 amide bonds. The van der Waals surface area contributed by atoms with Crippen molar-refractivity contribution in [3.8, 4) is 11.5 Å². The number of nitrogens with one attached hydrogen (secondary N) is 1. The molecule has 2 aromatic rings. The number of nitrogens with zero attached hydrogens (tertiary/aromatic N) is 3. The molecule has 0 saturated heterocycles. The van der Waals surface area contributed by atoms with Crippen LogP contribution in [0.3, 0.4) is 0 Å². The summed E-state index contributed by atoms with van der Waals surface area (Å²) in [7, 11) is 1.75. The van der Waals surface area contributed by atoms with Crippen LogP contribution in [0.15, 0.2) is 36.5 Å². The van der Waals surface area contributed by atoms with Gasteiger partial charge in [0.15, 0.2) is 5.75 Å². The molecule has 2 N–H and O–H groups in total. The average molecular weight is 538 g/mol. The van der Waals surface area contributed by atoms with Crippen molar-refractivity contribution in [2.45, 2.75) is 33.1 Å². The fourth-order valence-corrected chi connectivity index (χ4v) is 4.17. The van der Waals surface area contributed by atoms with E-state index in [0.717, 1.165) is 0 Å². The number of carbonyl (C=O) groups excluding carboxylic acids is 2. The Morgan fingerprint density at radius 2 is 1.68 bits per heavy atom. The summed E-state index contributed by atoms with van der Waals surface area (Å²) in [4.78, 5) is 42.4. The van der Waals surface area contributed by atoms with Gasteiger partial charge in [-0.3, -0.25) is 14.3 Å². The number of amides is 2. The highest BCUT2D eigenvalue weighted by Gasteiger charge is 2.32. The zero-order chi connectivity index (χ0) is 27.8. The molecule has 0 aliphatic carbocycles. The van der Waals surface area contributed by atoms with E-state index < -0.39 is 38.6 Å². The standard InChI is InChI=1S/C23H31N4O9P/c1-15-20(35-23(31)27(5)6)19(14-33-22(30)26(3)4)17(12-24-15)13-34-37(32,25-16(2)21(28)29)36-18-10-8-7-9-11-18/h7-12,16H,13-14H2,1-6H3,(H,25,32)(H,28,29). The fraction of sp³-hybridized carbons (Fsp3) is 0.391. The monoisotopic (exact) mass is 538 g/mol. The molecule has 2 rings (SSSR count). The van der Waals surface area contributed by atoms with Gasteiger partial charge in [-0.05, 0) is 26.0 Å². The van der Waals surface area contributed by atoms with Crippen LogP contribution in [0.25, 0.3) is 0 Å². The molecule has 13 nitrogen and oxygen atoms in total. The van der Waals surface area contributed by atoms with Gasteiger partial charge in [-0.2, -0.15) is 5.09 Å². The van der Waals surface area contributed by atoms with Crippen molar-refractivity contribution in [2.75, 3.05) is 28.2 Å². The number of carbonyl (C=O) groups is 3. The first kappa shape index (κ1) is 29.6. The van der Waals surface area contributed by atoms with Gasteiger partial charge in [-0.1, -0.05) is 18.2 Å². The smallest absolute Gasteiger partial charge is 0.459 e. The summed E-state index contributed by atoms with van der Waals surface area (Å²) < 4.78 is 35.4. The fourth-order valence-electron chi connectivity index (χ4n) is 2.69. The van der Waals surface area contributed by atoms with E-state index in [-0.39, 0.29) is 29.2 Å². The van der Waals surface area contributed by atoms with Gasteiger partial charge in [0.05, 0.1) is 12.3 Å². The second kappa shape index (κ2) is 13.0. The maximum atomic E-state index is 13.5. The Labute approximate surface area is 214 Å². The SMILES string of the molecule is Cc1ncc(COP(=O)(NC(C)C(=O)O)Oc2ccccc2)c(COC(=O)N(C)C)c1OC(=O)N(C)C. The Balaban J connectivity index is 2.43. The third-order valence-corrected chi connectivity index (χ3v) is 6.37. The Hall–Kier alpha value is -3.67. The number of aromatic nitrogens is 1. The van der Waals surface area contributed by atoms with E-state index in [1.807, 2.05) is 0 Å². The summed E-state index contributed by atoms with van der Waals surface area (Å²) in [6.07, 6.45) is 0.0358. The summed E-state index contributed by atoms with van der Waals surface area (Å²) in [5.74, 6) is -1.05. The lowest BCUT2D eigenvalue weighted by Gasteiger charge is -2.23.